The average molecular weight is 223 g/mol. The summed E-state index contributed by atoms with van der Waals surface area (Å²) in [6.07, 6.45) is 5.27. The number of aromatic nitrogens is 4. The van der Waals surface area contributed by atoms with Crippen LogP contribution >= 0.6 is 0 Å². The highest BCUT2D eigenvalue weighted by atomic mass is 15.5. The van der Waals surface area contributed by atoms with E-state index < -0.39 is 0 Å². The molecule has 5 nitrogen and oxygen atoms in total. The molecule has 1 N–H and O–H groups in total. The fourth-order valence-electron chi connectivity index (χ4n) is 2.51. The van der Waals surface area contributed by atoms with E-state index in [0.717, 1.165) is 12.4 Å². The number of hydrogen-bond donors (Lipinski definition) is 1. The van der Waals surface area contributed by atoms with E-state index in [1.165, 1.54) is 25.7 Å². The third-order valence-corrected chi connectivity index (χ3v) is 3.72. The molecule has 1 heterocycles. The normalized spacial score (nSPS) is 21.2. The Labute approximate surface area is 96.6 Å². The molecule has 0 aromatic carbocycles. The Kier molecular flexibility index (Phi) is 3.23. The predicted molar refractivity (Wildman–Crippen MR) is 61.9 cm³/mol. The minimum absolute atomic E-state index is 0.208. The zero-order valence-electron chi connectivity index (χ0n) is 10.4. The molecule has 0 radical (unpaired) electrons. The summed E-state index contributed by atoms with van der Waals surface area (Å²) in [6, 6.07) is 0.208. The first kappa shape index (κ1) is 11.5. The monoisotopic (exact) mass is 223 g/mol. The van der Waals surface area contributed by atoms with Gasteiger partial charge < -0.3 is 5.32 Å². The predicted octanol–water partition coefficient (Wildman–Crippen LogP) is 1.53. The van der Waals surface area contributed by atoms with Crippen LogP contribution in [-0.4, -0.2) is 27.3 Å². The quantitative estimate of drug-likeness (QED) is 0.841. The molecule has 0 aliphatic heterocycles. The number of nitrogens with zero attached hydrogens (tertiary/aromatic N) is 4. The first-order valence-corrected chi connectivity index (χ1v) is 6.08. The van der Waals surface area contributed by atoms with Crippen molar-refractivity contribution in [1.82, 2.24) is 25.5 Å². The molecule has 0 bridgehead atoms. The van der Waals surface area contributed by atoms with Crippen molar-refractivity contribution in [2.75, 3.05) is 7.05 Å². The topological polar surface area (TPSA) is 55.6 Å². The summed E-state index contributed by atoms with van der Waals surface area (Å²) >= 11 is 0. The van der Waals surface area contributed by atoms with Gasteiger partial charge in [-0.1, -0.05) is 19.8 Å². The zero-order chi connectivity index (χ0) is 11.6. The molecule has 1 aliphatic rings. The van der Waals surface area contributed by atoms with Crippen molar-refractivity contribution in [2.45, 2.75) is 52.1 Å². The molecule has 90 valence electrons. The van der Waals surface area contributed by atoms with Crippen molar-refractivity contribution >= 4 is 0 Å². The van der Waals surface area contributed by atoms with Gasteiger partial charge in [0.25, 0.3) is 0 Å². The van der Waals surface area contributed by atoms with E-state index in [1.807, 2.05) is 11.7 Å². The number of nitrogens with one attached hydrogen (secondary N) is 1. The van der Waals surface area contributed by atoms with Gasteiger partial charge in [-0.05, 0) is 42.7 Å². The minimum Gasteiger partial charge on any atom is -0.311 e. The van der Waals surface area contributed by atoms with Gasteiger partial charge in [-0.15, -0.1) is 5.10 Å². The molecule has 5 heteroatoms. The van der Waals surface area contributed by atoms with E-state index in [4.69, 9.17) is 0 Å². The molecule has 16 heavy (non-hydrogen) atoms. The summed E-state index contributed by atoms with van der Waals surface area (Å²) in [5.41, 5.74) is 0.386. The third kappa shape index (κ3) is 2.24. The Balaban J connectivity index is 2.12. The van der Waals surface area contributed by atoms with Crippen LogP contribution in [0.15, 0.2) is 0 Å². The molecule has 1 aromatic rings. The Hall–Kier alpha value is -0.970. The van der Waals surface area contributed by atoms with Crippen molar-refractivity contribution in [1.29, 1.82) is 0 Å². The molecule has 0 saturated heterocycles. The highest BCUT2D eigenvalue weighted by Crippen LogP contribution is 2.38. The van der Waals surface area contributed by atoms with Crippen molar-refractivity contribution in [3.05, 3.63) is 5.82 Å². The van der Waals surface area contributed by atoms with Gasteiger partial charge in [-0.3, -0.25) is 0 Å². The molecule has 1 saturated carbocycles. The first-order chi connectivity index (χ1) is 7.64. The van der Waals surface area contributed by atoms with Crippen LogP contribution in [0.1, 0.15) is 51.4 Å². The van der Waals surface area contributed by atoms with Gasteiger partial charge in [0.15, 0.2) is 5.82 Å². The highest BCUT2D eigenvalue weighted by Gasteiger charge is 2.30. The van der Waals surface area contributed by atoms with Gasteiger partial charge in [0.1, 0.15) is 0 Å². The van der Waals surface area contributed by atoms with Crippen LogP contribution in [0, 0.1) is 5.41 Å². The Morgan fingerprint density at radius 1 is 1.44 bits per heavy atom. The number of rotatable bonds is 4. The smallest absolute Gasteiger partial charge is 0.167 e. The Bertz CT molecular complexity index is 340. The van der Waals surface area contributed by atoms with Crippen LogP contribution < -0.4 is 5.32 Å². The molecule has 2 rings (SSSR count). The molecular formula is C11H21N5. The second kappa shape index (κ2) is 4.49. The molecule has 1 unspecified atom stereocenters. The summed E-state index contributed by atoms with van der Waals surface area (Å²) in [4.78, 5) is 0. The first-order valence-electron chi connectivity index (χ1n) is 6.08. The Morgan fingerprint density at radius 2 is 2.12 bits per heavy atom. The van der Waals surface area contributed by atoms with Crippen LogP contribution in [0.5, 0.6) is 0 Å². The van der Waals surface area contributed by atoms with Gasteiger partial charge in [0.05, 0.1) is 12.6 Å². The molecular weight excluding hydrogens is 202 g/mol. The second-order valence-corrected chi connectivity index (χ2v) is 5.22. The summed E-state index contributed by atoms with van der Waals surface area (Å²) in [5.74, 6) is 0.940. The maximum atomic E-state index is 4.11. The molecule has 0 spiro atoms. The molecule has 0 amide bonds. The summed E-state index contributed by atoms with van der Waals surface area (Å²) in [6.45, 7) is 5.37. The maximum Gasteiger partial charge on any atom is 0.167 e. The molecule has 1 aromatic heterocycles. The number of tetrazole rings is 1. The second-order valence-electron chi connectivity index (χ2n) is 5.22. The lowest BCUT2D eigenvalue weighted by atomic mass is 9.89. The van der Waals surface area contributed by atoms with Crippen molar-refractivity contribution in [3.63, 3.8) is 0 Å². The fourth-order valence-corrected chi connectivity index (χ4v) is 2.51. The summed E-state index contributed by atoms with van der Waals surface area (Å²) in [7, 11) is 1.93. The SMILES string of the molecule is CNC(C)c1nnnn1CC1(C)CCCC1. The van der Waals surface area contributed by atoms with E-state index in [1.54, 1.807) is 0 Å². The van der Waals surface area contributed by atoms with E-state index in [2.05, 4.69) is 34.7 Å². The maximum absolute atomic E-state index is 4.11. The van der Waals surface area contributed by atoms with E-state index in [9.17, 15) is 0 Å². The van der Waals surface area contributed by atoms with Crippen LogP contribution in [0.2, 0.25) is 0 Å². The lowest BCUT2D eigenvalue weighted by Crippen LogP contribution is -2.25. The van der Waals surface area contributed by atoms with Crippen molar-refractivity contribution in [3.8, 4) is 0 Å². The van der Waals surface area contributed by atoms with Crippen molar-refractivity contribution in [2.24, 2.45) is 5.41 Å². The lowest BCUT2D eigenvalue weighted by molar-refractivity contribution is 0.258. The number of hydrogen-bond acceptors (Lipinski definition) is 4. The van der Waals surface area contributed by atoms with Crippen molar-refractivity contribution < 1.29 is 0 Å². The fraction of sp³-hybridized carbons (Fsp3) is 0.909. The average Bonchev–Trinajstić information content (AvgIpc) is 2.87. The third-order valence-electron chi connectivity index (χ3n) is 3.72. The van der Waals surface area contributed by atoms with E-state index in [-0.39, 0.29) is 6.04 Å². The van der Waals surface area contributed by atoms with Crippen LogP contribution in [0.4, 0.5) is 0 Å². The minimum atomic E-state index is 0.208. The van der Waals surface area contributed by atoms with Crippen LogP contribution in [0.3, 0.4) is 0 Å². The molecule has 1 fully saturated rings. The largest absolute Gasteiger partial charge is 0.311 e. The van der Waals surface area contributed by atoms with Gasteiger partial charge in [0.2, 0.25) is 0 Å². The zero-order valence-corrected chi connectivity index (χ0v) is 10.4. The Morgan fingerprint density at radius 3 is 2.75 bits per heavy atom. The van der Waals surface area contributed by atoms with E-state index >= 15 is 0 Å². The molecule has 1 atom stereocenters. The van der Waals surface area contributed by atoms with Gasteiger partial charge >= 0.3 is 0 Å². The van der Waals surface area contributed by atoms with E-state index in [0.29, 0.717) is 5.41 Å². The molecule has 1 aliphatic carbocycles. The summed E-state index contributed by atoms with van der Waals surface area (Å²) in [5, 5.41) is 15.2. The lowest BCUT2D eigenvalue weighted by Gasteiger charge is -2.24. The van der Waals surface area contributed by atoms with Gasteiger partial charge in [-0.25, -0.2) is 4.68 Å². The summed E-state index contributed by atoms with van der Waals surface area (Å²) < 4.78 is 1.96. The van der Waals surface area contributed by atoms with Gasteiger partial charge in [0, 0.05) is 0 Å². The van der Waals surface area contributed by atoms with Crippen LogP contribution in [-0.2, 0) is 6.54 Å². The highest BCUT2D eigenvalue weighted by molar-refractivity contribution is 4.91. The van der Waals surface area contributed by atoms with Gasteiger partial charge in [-0.2, -0.15) is 0 Å². The standard InChI is InChI=1S/C11H21N5/c1-9(12-3)10-13-14-15-16(10)8-11(2)6-4-5-7-11/h9,12H,4-8H2,1-3H3. The van der Waals surface area contributed by atoms with Crippen LogP contribution in [0.25, 0.3) is 0 Å².